The highest BCUT2D eigenvalue weighted by atomic mass is 16.7. The van der Waals surface area contributed by atoms with Crippen LogP contribution in [-0.2, 0) is 15.9 Å². The summed E-state index contributed by atoms with van der Waals surface area (Å²) in [5.41, 5.74) is 1.27. The average molecular weight is 206 g/mol. The van der Waals surface area contributed by atoms with Gasteiger partial charge in [0.25, 0.3) is 0 Å². The Hall–Kier alpha value is -0.860. The molecule has 1 fully saturated rings. The van der Waals surface area contributed by atoms with Crippen LogP contribution in [0.1, 0.15) is 19.4 Å². The standard InChI is InChI=1S/C13H18O2/c1-11(2)13(14-8-9-15-13)10-12-6-4-3-5-7-12/h3-7,11H,8-10H2,1-2H3. The van der Waals surface area contributed by atoms with E-state index in [1.54, 1.807) is 0 Å². The lowest BCUT2D eigenvalue weighted by atomic mass is 9.95. The topological polar surface area (TPSA) is 18.5 Å². The van der Waals surface area contributed by atoms with Gasteiger partial charge in [0.05, 0.1) is 13.2 Å². The Morgan fingerprint density at radius 3 is 2.27 bits per heavy atom. The van der Waals surface area contributed by atoms with Gasteiger partial charge in [-0.15, -0.1) is 0 Å². The third-order valence-corrected chi connectivity index (χ3v) is 2.95. The minimum Gasteiger partial charge on any atom is -0.347 e. The van der Waals surface area contributed by atoms with Gasteiger partial charge in [-0.05, 0) is 5.56 Å². The number of rotatable bonds is 3. The van der Waals surface area contributed by atoms with Crippen molar-refractivity contribution in [2.45, 2.75) is 26.1 Å². The highest BCUT2D eigenvalue weighted by molar-refractivity contribution is 5.16. The molecule has 15 heavy (non-hydrogen) atoms. The monoisotopic (exact) mass is 206 g/mol. The first-order chi connectivity index (χ1) is 7.23. The fraction of sp³-hybridized carbons (Fsp3) is 0.538. The molecule has 2 nitrogen and oxygen atoms in total. The summed E-state index contributed by atoms with van der Waals surface area (Å²) in [5, 5.41) is 0. The highest BCUT2D eigenvalue weighted by Crippen LogP contribution is 2.31. The second-order valence-electron chi connectivity index (χ2n) is 4.33. The molecule has 0 saturated carbocycles. The number of hydrogen-bond acceptors (Lipinski definition) is 2. The third-order valence-electron chi connectivity index (χ3n) is 2.95. The molecule has 1 heterocycles. The van der Waals surface area contributed by atoms with Crippen LogP contribution in [0.5, 0.6) is 0 Å². The summed E-state index contributed by atoms with van der Waals surface area (Å²) in [5.74, 6) is -0.0262. The molecule has 1 aromatic rings. The average Bonchev–Trinajstić information content (AvgIpc) is 2.69. The Bertz CT molecular complexity index is 300. The molecule has 0 aliphatic carbocycles. The van der Waals surface area contributed by atoms with Gasteiger partial charge in [-0.2, -0.15) is 0 Å². The van der Waals surface area contributed by atoms with E-state index in [1.165, 1.54) is 5.56 Å². The van der Waals surface area contributed by atoms with E-state index in [4.69, 9.17) is 9.47 Å². The zero-order valence-corrected chi connectivity index (χ0v) is 9.40. The smallest absolute Gasteiger partial charge is 0.174 e. The number of ether oxygens (including phenoxy) is 2. The van der Waals surface area contributed by atoms with Crippen LogP contribution in [-0.4, -0.2) is 19.0 Å². The van der Waals surface area contributed by atoms with Gasteiger partial charge in [-0.25, -0.2) is 0 Å². The fourth-order valence-electron chi connectivity index (χ4n) is 1.99. The van der Waals surface area contributed by atoms with Crippen LogP contribution in [0.4, 0.5) is 0 Å². The molecule has 0 aromatic heterocycles. The summed E-state index contributed by atoms with van der Waals surface area (Å²) in [4.78, 5) is 0. The summed E-state index contributed by atoms with van der Waals surface area (Å²) >= 11 is 0. The van der Waals surface area contributed by atoms with E-state index in [2.05, 4.69) is 38.1 Å². The van der Waals surface area contributed by atoms with Crippen molar-refractivity contribution in [2.75, 3.05) is 13.2 Å². The Morgan fingerprint density at radius 2 is 1.73 bits per heavy atom. The molecule has 0 atom stereocenters. The van der Waals surface area contributed by atoms with Crippen molar-refractivity contribution < 1.29 is 9.47 Å². The van der Waals surface area contributed by atoms with E-state index in [0.717, 1.165) is 6.42 Å². The van der Waals surface area contributed by atoms with Crippen LogP contribution in [0, 0.1) is 5.92 Å². The van der Waals surface area contributed by atoms with Crippen LogP contribution in [0.3, 0.4) is 0 Å². The van der Waals surface area contributed by atoms with Crippen molar-refractivity contribution in [3.05, 3.63) is 35.9 Å². The maximum Gasteiger partial charge on any atom is 0.174 e. The second kappa shape index (κ2) is 4.33. The van der Waals surface area contributed by atoms with Gasteiger partial charge in [0.1, 0.15) is 0 Å². The van der Waals surface area contributed by atoms with Crippen molar-refractivity contribution in [3.8, 4) is 0 Å². The molecule has 1 aliphatic heterocycles. The van der Waals surface area contributed by atoms with E-state index in [1.807, 2.05) is 6.07 Å². The Morgan fingerprint density at radius 1 is 1.13 bits per heavy atom. The lowest BCUT2D eigenvalue weighted by Gasteiger charge is -2.31. The summed E-state index contributed by atoms with van der Waals surface area (Å²) in [6.45, 7) is 5.72. The molecule has 1 aromatic carbocycles. The lowest BCUT2D eigenvalue weighted by Crippen LogP contribution is -2.38. The third kappa shape index (κ3) is 2.21. The maximum atomic E-state index is 5.78. The van der Waals surface area contributed by atoms with E-state index in [9.17, 15) is 0 Å². The first-order valence-electron chi connectivity index (χ1n) is 5.55. The summed E-state index contributed by atoms with van der Waals surface area (Å²) in [6, 6.07) is 10.4. The molecule has 2 heteroatoms. The van der Waals surface area contributed by atoms with Gasteiger partial charge in [0.2, 0.25) is 0 Å². The van der Waals surface area contributed by atoms with Gasteiger partial charge in [0.15, 0.2) is 5.79 Å². The van der Waals surface area contributed by atoms with Crippen LogP contribution < -0.4 is 0 Å². The second-order valence-corrected chi connectivity index (χ2v) is 4.33. The first kappa shape index (κ1) is 10.7. The van der Waals surface area contributed by atoms with Crippen molar-refractivity contribution in [1.82, 2.24) is 0 Å². The number of hydrogen-bond donors (Lipinski definition) is 0. The molecule has 0 N–H and O–H groups in total. The van der Waals surface area contributed by atoms with Crippen molar-refractivity contribution in [1.29, 1.82) is 0 Å². The minimum atomic E-state index is -0.401. The zero-order chi connectivity index (χ0) is 10.7. The van der Waals surface area contributed by atoms with Gasteiger partial charge >= 0.3 is 0 Å². The molecule has 0 unspecified atom stereocenters. The Labute approximate surface area is 91.2 Å². The largest absolute Gasteiger partial charge is 0.347 e. The minimum absolute atomic E-state index is 0.375. The summed E-state index contributed by atoms with van der Waals surface area (Å²) < 4.78 is 11.6. The molecule has 0 bridgehead atoms. The SMILES string of the molecule is CC(C)C1(Cc2ccccc2)OCCO1. The zero-order valence-electron chi connectivity index (χ0n) is 9.40. The first-order valence-corrected chi connectivity index (χ1v) is 5.55. The Balaban J connectivity index is 2.14. The molecular formula is C13H18O2. The van der Waals surface area contributed by atoms with Crippen LogP contribution in [0.25, 0.3) is 0 Å². The molecule has 0 amide bonds. The van der Waals surface area contributed by atoms with Gasteiger partial charge in [0, 0.05) is 12.3 Å². The fourth-order valence-corrected chi connectivity index (χ4v) is 1.99. The molecule has 0 radical (unpaired) electrons. The molecule has 82 valence electrons. The van der Waals surface area contributed by atoms with Gasteiger partial charge < -0.3 is 9.47 Å². The summed E-state index contributed by atoms with van der Waals surface area (Å²) in [7, 11) is 0. The van der Waals surface area contributed by atoms with Crippen molar-refractivity contribution in [3.63, 3.8) is 0 Å². The predicted molar refractivity (Wildman–Crippen MR) is 59.6 cm³/mol. The molecule has 1 saturated heterocycles. The number of benzene rings is 1. The normalized spacial score (nSPS) is 19.7. The molecular weight excluding hydrogens is 188 g/mol. The van der Waals surface area contributed by atoms with E-state index in [0.29, 0.717) is 19.1 Å². The van der Waals surface area contributed by atoms with Crippen LogP contribution in [0.15, 0.2) is 30.3 Å². The lowest BCUT2D eigenvalue weighted by molar-refractivity contribution is -0.186. The van der Waals surface area contributed by atoms with Gasteiger partial charge in [-0.3, -0.25) is 0 Å². The molecule has 0 spiro atoms. The van der Waals surface area contributed by atoms with Gasteiger partial charge in [-0.1, -0.05) is 44.2 Å². The van der Waals surface area contributed by atoms with E-state index in [-0.39, 0.29) is 0 Å². The summed E-state index contributed by atoms with van der Waals surface area (Å²) in [6.07, 6.45) is 0.839. The van der Waals surface area contributed by atoms with E-state index < -0.39 is 5.79 Å². The highest BCUT2D eigenvalue weighted by Gasteiger charge is 2.39. The van der Waals surface area contributed by atoms with Crippen molar-refractivity contribution >= 4 is 0 Å². The van der Waals surface area contributed by atoms with Crippen LogP contribution in [0.2, 0.25) is 0 Å². The predicted octanol–water partition coefficient (Wildman–Crippen LogP) is 2.63. The van der Waals surface area contributed by atoms with Crippen molar-refractivity contribution in [2.24, 2.45) is 5.92 Å². The quantitative estimate of drug-likeness (QED) is 0.757. The Kier molecular flexibility index (Phi) is 3.08. The van der Waals surface area contributed by atoms with E-state index >= 15 is 0 Å². The van der Waals surface area contributed by atoms with Crippen LogP contribution >= 0.6 is 0 Å². The molecule has 1 aliphatic rings. The maximum absolute atomic E-state index is 5.78. The molecule has 2 rings (SSSR count).